The lowest BCUT2D eigenvalue weighted by Crippen LogP contribution is -2.60. The largest absolute Gasteiger partial charge is 0.494 e. The zero-order valence-corrected chi connectivity index (χ0v) is 52.3. The van der Waals surface area contributed by atoms with E-state index >= 15 is 0 Å². The number of carbonyl (C=O) groups excluding carboxylic acids is 4. The summed E-state index contributed by atoms with van der Waals surface area (Å²) in [6, 6.07) is 22.1. The molecule has 0 saturated carbocycles. The smallest absolute Gasteiger partial charge is 0.321 e. The summed E-state index contributed by atoms with van der Waals surface area (Å²) < 4.78 is 34.8. The lowest BCUT2D eigenvalue weighted by atomic mass is 10.0. The SMILES string of the molecule is COCCCN(C(=O)CCc1ccc(OCCCCN(C)CCOCCOCCC2CN(CCOCCOc3ccc(NC(=O)NC4NC(CC(=O)N5CCN(C)CC5)CS4)cc3)NN2)cc1)C(C(=O)NCN1NNc2ccccc21)C1CNCN1C. The molecule has 5 aliphatic rings. The number of nitrogens with one attached hydrogen (secondary N) is 9. The van der Waals surface area contributed by atoms with E-state index in [4.69, 9.17) is 28.4 Å². The van der Waals surface area contributed by atoms with Gasteiger partial charge in [-0.2, -0.15) is 5.53 Å². The molecule has 0 aliphatic carbocycles. The fourth-order valence-electron chi connectivity index (χ4n) is 10.8. The Hall–Kier alpha value is -5.63. The Morgan fingerprint density at radius 2 is 1.52 bits per heavy atom. The van der Waals surface area contributed by atoms with Gasteiger partial charge in [-0.15, -0.1) is 17.3 Å². The number of nitrogens with zero attached hydrogens (tertiary/aromatic N) is 7. The van der Waals surface area contributed by atoms with Crippen molar-refractivity contribution in [3.8, 4) is 11.5 Å². The molecule has 0 bridgehead atoms. The number of urea groups is 1. The Labute approximate surface area is 517 Å². The maximum atomic E-state index is 14.1. The molecule has 4 fully saturated rings. The predicted molar refractivity (Wildman–Crippen MR) is 337 cm³/mol. The number of fused-ring (bicyclic) bond motifs is 1. The van der Waals surface area contributed by atoms with Gasteiger partial charge >= 0.3 is 6.03 Å². The van der Waals surface area contributed by atoms with Crippen LogP contribution in [0.15, 0.2) is 72.8 Å². The summed E-state index contributed by atoms with van der Waals surface area (Å²) in [5.41, 5.74) is 16.1. The van der Waals surface area contributed by atoms with Crippen LogP contribution in [0.25, 0.3) is 0 Å². The minimum Gasteiger partial charge on any atom is -0.494 e. The van der Waals surface area contributed by atoms with Crippen LogP contribution in [-0.2, 0) is 39.8 Å². The average Bonchev–Trinajstić information content (AvgIpc) is 3.73. The Balaban J connectivity index is 0.592. The minimum absolute atomic E-state index is 0.0270. The van der Waals surface area contributed by atoms with E-state index in [1.807, 2.05) is 77.6 Å². The van der Waals surface area contributed by atoms with Crippen LogP contribution in [0.4, 0.5) is 21.9 Å². The van der Waals surface area contributed by atoms with Crippen molar-refractivity contribution < 1.29 is 47.6 Å². The molecule has 8 rings (SSSR count). The first-order chi connectivity index (χ1) is 42.5. The molecule has 3 aromatic carbocycles. The first-order valence-corrected chi connectivity index (χ1v) is 31.9. The molecule has 27 heteroatoms. The van der Waals surface area contributed by atoms with Crippen LogP contribution in [0.5, 0.6) is 11.5 Å². The molecule has 5 amide bonds. The Kier molecular flexibility index (Phi) is 28.4. The number of hydrogen-bond acceptors (Lipinski definition) is 22. The highest BCUT2D eigenvalue weighted by Crippen LogP contribution is 2.28. The highest BCUT2D eigenvalue weighted by Gasteiger charge is 2.40. The third-order valence-electron chi connectivity index (χ3n) is 16.0. The molecule has 26 nitrogen and oxygen atoms in total. The van der Waals surface area contributed by atoms with Gasteiger partial charge in [0.1, 0.15) is 36.3 Å². The van der Waals surface area contributed by atoms with Gasteiger partial charge in [-0.3, -0.25) is 29.6 Å². The van der Waals surface area contributed by atoms with Gasteiger partial charge in [0.15, 0.2) is 0 Å². The summed E-state index contributed by atoms with van der Waals surface area (Å²) in [7, 11) is 7.81. The molecule has 482 valence electrons. The maximum absolute atomic E-state index is 14.1. The van der Waals surface area contributed by atoms with Crippen molar-refractivity contribution in [3.63, 3.8) is 0 Å². The molecule has 0 aromatic heterocycles. The zero-order chi connectivity index (χ0) is 61.0. The summed E-state index contributed by atoms with van der Waals surface area (Å²) in [5.74, 6) is 2.14. The van der Waals surface area contributed by atoms with E-state index < -0.39 is 6.04 Å². The van der Waals surface area contributed by atoms with Gasteiger partial charge in [-0.05, 0) is 114 Å². The number of amides is 5. The predicted octanol–water partition coefficient (Wildman–Crippen LogP) is 1.72. The van der Waals surface area contributed by atoms with Gasteiger partial charge in [-0.25, -0.2) is 15.2 Å². The van der Waals surface area contributed by atoms with Crippen LogP contribution in [-0.4, -0.2) is 255 Å². The molecule has 5 unspecified atom stereocenters. The minimum atomic E-state index is -0.695. The van der Waals surface area contributed by atoms with Crippen molar-refractivity contribution in [2.24, 2.45) is 0 Å². The van der Waals surface area contributed by atoms with Gasteiger partial charge in [-0.1, -0.05) is 24.3 Å². The van der Waals surface area contributed by atoms with E-state index in [-0.39, 0.29) is 60.5 Å². The van der Waals surface area contributed by atoms with Crippen LogP contribution in [0.1, 0.15) is 44.1 Å². The van der Waals surface area contributed by atoms with E-state index in [1.165, 1.54) is 0 Å². The first kappa shape index (κ1) is 67.3. The summed E-state index contributed by atoms with van der Waals surface area (Å²) in [6.07, 6.45) is 4.65. The molecular formula is C60H96N16O10S. The van der Waals surface area contributed by atoms with Crippen molar-refractivity contribution in [2.45, 2.75) is 74.6 Å². The molecule has 87 heavy (non-hydrogen) atoms. The number of piperazine rings is 1. The van der Waals surface area contributed by atoms with Crippen molar-refractivity contribution in [2.75, 3.05) is 188 Å². The number of ether oxygens (including phenoxy) is 6. The van der Waals surface area contributed by atoms with Gasteiger partial charge in [0.05, 0.1) is 57.1 Å². The van der Waals surface area contributed by atoms with Crippen LogP contribution in [0.3, 0.4) is 0 Å². The van der Waals surface area contributed by atoms with Gasteiger partial charge in [0, 0.05) is 122 Å². The number of thioether (sulfide) groups is 1. The lowest BCUT2D eigenvalue weighted by Gasteiger charge is -2.37. The van der Waals surface area contributed by atoms with Gasteiger partial charge in [0.25, 0.3) is 0 Å². The van der Waals surface area contributed by atoms with Gasteiger partial charge < -0.3 is 74.7 Å². The highest BCUT2D eigenvalue weighted by atomic mass is 32.2. The zero-order valence-electron chi connectivity index (χ0n) is 51.4. The number of para-hydroxylation sites is 2. The summed E-state index contributed by atoms with van der Waals surface area (Å²) in [4.78, 5) is 63.9. The topological polar surface area (TPSA) is 255 Å². The number of benzene rings is 3. The number of unbranched alkanes of at least 4 members (excludes halogenated alkanes) is 1. The monoisotopic (exact) mass is 1230 g/mol. The Bertz CT molecular complexity index is 2530. The number of likely N-dealkylation sites (N-methyl/N-ethyl adjacent to an activating group) is 3. The summed E-state index contributed by atoms with van der Waals surface area (Å²) >= 11 is 1.59. The van der Waals surface area contributed by atoms with Crippen molar-refractivity contribution in [1.82, 2.24) is 67.3 Å². The Morgan fingerprint density at radius 1 is 0.770 bits per heavy atom. The highest BCUT2D eigenvalue weighted by molar-refractivity contribution is 8.00. The first-order valence-electron chi connectivity index (χ1n) is 30.9. The molecule has 5 aliphatic heterocycles. The van der Waals surface area contributed by atoms with Crippen molar-refractivity contribution >= 4 is 52.6 Å². The number of rotatable bonds is 38. The maximum Gasteiger partial charge on any atom is 0.321 e. The molecular weight excluding hydrogens is 1140 g/mol. The van der Waals surface area contributed by atoms with E-state index in [9.17, 15) is 19.2 Å². The van der Waals surface area contributed by atoms with Crippen LogP contribution < -0.4 is 63.0 Å². The summed E-state index contributed by atoms with van der Waals surface area (Å²) in [5, 5.41) is 19.6. The fourth-order valence-corrected chi connectivity index (χ4v) is 11.9. The molecule has 5 atom stereocenters. The molecule has 3 aromatic rings. The molecule has 0 spiro atoms. The molecule has 9 N–H and O–H groups in total. The Morgan fingerprint density at radius 3 is 2.30 bits per heavy atom. The van der Waals surface area contributed by atoms with Crippen LogP contribution >= 0.6 is 11.8 Å². The number of hydrazine groups is 4. The number of hydrogen-bond donors (Lipinski definition) is 9. The van der Waals surface area contributed by atoms with Crippen LogP contribution in [0.2, 0.25) is 0 Å². The van der Waals surface area contributed by atoms with Gasteiger partial charge in [0.2, 0.25) is 17.7 Å². The summed E-state index contributed by atoms with van der Waals surface area (Å²) in [6.45, 7) is 13.4. The number of methoxy groups -OCH3 is 1. The number of aryl methyl sites for hydroxylation is 1. The van der Waals surface area contributed by atoms with E-state index in [1.54, 1.807) is 35.9 Å². The average molecular weight is 1230 g/mol. The third-order valence-corrected chi connectivity index (χ3v) is 17.2. The number of carbonyl (C=O) groups is 4. The van der Waals surface area contributed by atoms with E-state index in [0.717, 1.165) is 100 Å². The van der Waals surface area contributed by atoms with Crippen LogP contribution in [0, 0.1) is 0 Å². The molecule has 4 saturated heterocycles. The van der Waals surface area contributed by atoms with Crippen molar-refractivity contribution in [1.29, 1.82) is 0 Å². The third kappa shape index (κ3) is 22.7. The quantitative estimate of drug-likeness (QED) is 0.0371. The van der Waals surface area contributed by atoms with E-state index in [0.29, 0.717) is 110 Å². The fraction of sp³-hybridized carbons (Fsp3) is 0.633. The molecule has 0 radical (unpaired) electrons. The van der Waals surface area contributed by atoms with Crippen molar-refractivity contribution in [3.05, 3.63) is 78.4 Å². The standard InChI is InChI=1S/C60H96N16O10S/c1-70(23-7-8-32-85-50-17-12-46(13-18-50)14-21-55(77)75(24-9-31-81-4)57(54-41-61-44-72(54)3)58(79)62-45-76-53-11-6-5-10-52(53)67-69-76)29-34-83-37-36-82-33-22-48-42-74(68-66-48)30-35-84-38-39-86-51-19-15-47(16-20-51)63-59(80)65-60-64-49(43-87-60)40-56(78)73-27-25-71(2)26-28-73/h5-6,10-13,15-20,48-49,54,57,60-61,64,66-69H,7-9,14,21-45H2,1-4H3,(H,62,79)(H2,63,65,80). The second-order valence-corrected chi connectivity index (χ2v) is 23.8. The second kappa shape index (κ2) is 36.8. The number of anilines is 3. The molecule has 5 heterocycles. The lowest BCUT2D eigenvalue weighted by molar-refractivity contribution is -0.142. The van der Waals surface area contributed by atoms with E-state index in [2.05, 4.69) is 82.3 Å². The normalized spacial score (nSPS) is 20.1. The second-order valence-electron chi connectivity index (χ2n) is 22.7.